The van der Waals surface area contributed by atoms with Gasteiger partial charge in [-0.05, 0) is 79.9 Å². The summed E-state index contributed by atoms with van der Waals surface area (Å²) < 4.78 is 0. The van der Waals surface area contributed by atoms with E-state index in [0.717, 1.165) is 26.1 Å². The van der Waals surface area contributed by atoms with E-state index in [9.17, 15) is 0 Å². The molecule has 4 rings (SSSR count). The van der Waals surface area contributed by atoms with E-state index < -0.39 is 0 Å². The molecule has 0 saturated heterocycles. The molecule has 2 heteroatoms. The van der Waals surface area contributed by atoms with Crippen LogP contribution in [0.25, 0.3) is 32.6 Å². The number of likely N-dealkylation sites (N-methyl/N-ethyl adjacent to an activating group) is 1. The van der Waals surface area contributed by atoms with Crippen LogP contribution >= 0.6 is 0 Å². The molecule has 0 atom stereocenters. The molecular formula is C25H30N2. The van der Waals surface area contributed by atoms with E-state index >= 15 is 0 Å². The maximum Gasteiger partial charge on any atom is 0.0503 e. The number of nitrogens with zero attached hydrogens (tertiary/aromatic N) is 1. The molecule has 0 aliphatic heterocycles. The van der Waals surface area contributed by atoms with E-state index in [-0.39, 0.29) is 0 Å². The van der Waals surface area contributed by atoms with Gasteiger partial charge in [-0.15, -0.1) is 0 Å². The third kappa shape index (κ3) is 3.02. The normalized spacial score (nSPS) is 12.1. The Hall–Kier alpha value is -2.32. The zero-order valence-electron chi connectivity index (χ0n) is 17.2. The minimum Gasteiger partial charge on any atom is -0.354 e. The van der Waals surface area contributed by atoms with Crippen LogP contribution in [-0.2, 0) is 6.42 Å². The third-order valence-corrected chi connectivity index (χ3v) is 6.21. The molecule has 4 aromatic rings. The number of fused-ring (bicyclic) bond motifs is 4. The van der Waals surface area contributed by atoms with Crippen LogP contribution in [0.15, 0.2) is 36.4 Å². The highest BCUT2D eigenvalue weighted by atomic mass is 15.1. The second kappa shape index (κ2) is 7.01. The van der Waals surface area contributed by atoms with Crippen LogP contribution in [0.1, 0.15) is 36.1 Å². The van der Waals surface area contributed by atoms with E-state index in [2.05, 4.69) is 80.9 Å². The van der Waals surface area contributed by atoms with Gasteiger partial charge in [0.1, 0.15) is 0 Å². The van der Waals surface area contributed by atoms with E-state index in [1.54, 1.807) is 0 Å². The van der Waals surface area contributed by atoms with Gasteiger partial charge in [0.15, 0.2) is 0 Å². The molecule has 2 nitrogen and oxygen atoms in total. The van der Waals surface area contributed by atoms with Gasteiger partial charge in [0.25, 0.3) is 0 Å². The molecule has 3 aromatic carbocycles. The van der Waals surface area contributed by atoms with Crippen molar-refractivity contribution < 1.29 is 0 Å². The quantitative estimate of drug-likeness (QED) is 0.444. The smallest absolute Gasteiger partial charge is 0.0503 e. The van der Waals surface area contributed by atoms with E-state index in [1.807, 2.05) is 0 Å². The summed E-state index contributed by atoms with van der Waals surface area (Å²) in [4.78, 5) is 6.16. The van der Waals surface area contributed by atoms with Gasteiger partial charge >= 0.3 is 0 Å². The number of nitrogens with one attached hydrogen (secondary N) is 1. The van der Waals surface area contributed by atoms with Crippen molar-refractivity contribution in [2.75, 3.05) is 19.6 Å². The summed E-state index contributed by atoms with van der Waals surface area (Å²) in [5.41, 5.74) is 8.03. The van der Waals surface area contributed by atoms with Crippen LogP contribution in [0.5, 0.6) is 0 Å². The summed E-state index contributed by atoms with van der Waals surface area (Å²) >= 11 is 0. The molecule has 0 aliphatic rings. The fraction of sp³-hybridized carbons (Fsp3) is 0.360. The van der Waals surface area contributed by atoms with Gasteiger partial charge in [-0.3, -0.25) is 0 Å². The average molecular weight is 359 g/mol. The molecule has 1 heterocycles. The lowest BCUT2D eigenvalue weighted by molar-refractivity contribution is 0.308. The molecule has 140 valence electrons. The molecule has 0 radical (unpaired) electrons. The first-order valence-corrected chi connectivity index (χ1v) is 10.2. The Kier molecular flexibility index (Phi) is 4.69. The number of hydrogen-bond acceptors (Lipinski definition) is 1. The van der Waals surface area contributed by atoms with Crippen molar-refractivity contribution in [2.45, 2.75) is 41.0 Å². The Balaban J connectivity index is 1.90. The fourth-order valence-electron chi connectivity index (χ4n) is 4.46. The lowest BCUT2D eigenvalue weighted by Gasteiger charge is -2.18. The molecule has 0 bridgehead atoms. The van der Waals surface area contributed by atoms with E-state index in [0.29, 0.717) is 0 Å². The highest BCUT2D eigenvalue weighted by Crippen LogP contribution is 2.37. The van der Waals surface area contributed by atoms with Crippen molar-refractivity contribution in [1.82, 2.24) is 9.88 Å². The molecule has 0 unspecified atom stereocenters. The number of rotatable bonds is 5. The first kappa shape index (κ1) is 18.1. The summed E-state index contributed by atoms with van der Waals surface area (Å²) in [6.07, 6.45) is 1.11. The summed E-state index contributed by atoms with van der Waals surface area (Å²) in [5, 5.41) is 5.51. The van der Waals surface area contributed by atoms with Gasteiger partial charge in [0, 0.05) is 22.8 Å². The molecule has 0 amide bonds. The van der Waals surface area contributed by atoms with Crippen LogP contribution in [0.2, 0.25) is 0 Å². The van der Waals surface area contributed by atoms with Gasteiger partial charge in [-0.2, -0.15) is 0 Å². The van der Waals surface area contributed by atoms with Crippen LogP contribution < -0.4 is 0 Å². The van der Waals surface area contributed by atoms with Crippen LogP contribution in [0.4, 0.5) is 0 Å². The fourth-order valence-corrected chi connectivity index (χ4v) is 4.46. The molecule has 0 aliphatic carbocycles. The molecule has 1 aromatic heterocycles. The maximum atomic E-state index is 3.67. The number of aryl methyl sites for hydroxylation is 3. The summed E-state index contributed by atoms with van der Waals surface area (Å²) in [6.45, 7) is 14.6. The van der Waals surface area contributed by atoms with Crippen LogP contribution in [-0.4, -0.2) is 29.5 Å². The van der Waals surface area contributed by atoms with Gasteiger partial charge < -0.3 is 9.88 Å². The zero-order chi connectivity index (χ0) is 19.1. The SMILES string of the molecule is CCN(CC)CCc1ccc2c(C)c3[nH]c4ccc(C)cc4c3c(C)c2c1. The highest BCUT2D eigenvalue weighted by molar-refractivity contribution is 6.16. The van der Waals surface area contributed by atoms with Crippen molar-refractivity contribution in [3.05, 3.63) is 58.7 Å². The molecule has 0 fully saturated rings. The summed E-state index contributed by atoms with van der Waals surface area (Å²) in [7, 11) is 0. The topological polar surface area (TPSA) is 19.0 Å². The first-order chi connectivity index (χ1) is 13.0. The van der Waals surface area contributed by atoms with E-state index in [1.165, 1.54) is 54.8 Å². The second-order valence-corrected chi connectivity index (χ2v) is 7.83. The lowest BCUT2D eigenvalue weighted by Crippen LogP contribution is -2.25. The van der Waals surface area contributed by atoms with E-state index in [4.69, 9.17) is 0 Å². The minimum absolute atomic E-state index is 1.11. The standard InChI is InChI=1S/C25H30N2/c1-6-27(7-2)13-12-19-9-10-20-18(5)25-24(17(4)21(20)15-19)22-14-16(3)8-11-23(22)26-25/h8-11,14-15,26H,6-7,12-13H2,1-5H3. The van der Waals surface area contributed by atoms with Crippen molar-refractivity contribution in [1.29, 1.82) is 0 Å². The van der Waals surface area contributed by atoms with Gasteiger partial charge in [-0.1, -0.05) is 43.7 Å². The van der Waals surface area contributed by atoms with Crippen molar-refractivity contribution in [3.63, 3.8) is 0 Å². The Morgan fingerprint density at radius 2 is 1.59 bits per heavy atom. The predicted molar refractivity (Wildman–Crippen MR) is 119 cm³/mol. The minimum atomic E-state index is 1.11. The van der Waals surface area contributed by atoms with Crippen LogP contribution in [0.3, 0.4) is 0 Å². The number of hydrogen-bond donors (Lipinski definition) is 1. The lowest BCUT2D eigenvalue weighted by atomic mass is 9.93. The number of benzene rings is 3. The Bertz CT molecular complexity index is 1130. The molecule has 27 heavy (non-hydrogen) atoms. The maximum absolute atomic E-state index is 3.67. The molecule has 0 saturated carbocycles. The van der Waals surface area contributed by atoms with Crippen molar-refractivity contribution in [3.8, 4) is 0 Å². The molecule has 1 N–H and O–H groups in total. The van der Waals surface area contributed by atoms with Gasteiger partial charge in [0.05, 0.1) is 5.52 Å². The third-order valence-electron chi connectivity index (χ3n) is 6.21. The Labute approximate surface area is 162 Å². The molecule has 0 spiro atoms. The Morgan fingerprint density at radius 3 is 2.33 bits per heavy atom. The summed E-state index contributed by atoms with van der Waals surface area (Å²) in [5.74, 6) is 0. The summed E-state index contributed by atoms with van der Waals surface area (Å²) in [6, 6.07) is 13.8. The van der Waals surface area contributed by atoms with Gasteiger partial charge in [0.2, 0.25) is 0 Å². The largest absolute Gasteiger partial charge is 0.354 e. The predicted octanol–water partition coefficient (Wildman–Crippen LogP) is 6.28. The van der Waals surface area contributed by atoms with Crippen molar-refractivity contribution in [2.24, 2.45) is 0 Å². The monoisotopic (exact) mass is 358 g/mol. The zero-order valence-corrected chi connectivity index (χ0v) is 17.2. The number of aromatic nitrogens is 1. The number of H-pyrrole nitrogens is 1. The van der Waals surface area contributed by atoms with Gasteiger partial charge in [-0.25, -0.2) is 0 Å². The molecular weight excluding hydrogens is 328 g/mol. The first-order valence-electron chi connectivity index (χ1n) is 10.2. The van der Waals surface area contributed by atoms with Crippen molar-refractivity contribution >= 4 is 32.6 Å². The van der Waals surface area contributed by atoms with Crippen LogP contribution in [0, 0.1) is 20.8 Å². The highest BCUT2D eigenvalue weighted by Gasteiger charge is 2.14. The second-order valence-electron chi connectivity index (χ2n) is 7.83. The number of aromatic amines is 1. The average Bonchev–Trinajstić information content (AvgIpc) is 3.06. The Morgan fingerprint density at radius 1 is 0.815 bits per heavy atom.